The molecular formula is C14H17Cl2NO. The van der Waals surface area contributed by atoms with Gasteiger partial charge in [0.1, 0.15) is 4.33 Å². The molecule has 4 heteroatoms. The van der Waals surface area contributed by atoms with Crippen molar-refractivity contribution in [3.05, 3.63) is 29.3 Å². The normalized spacial score (nSPS) is 20.6. The molecule has 1 saturated carbocycles. The topological polar surface area (TPSA) is 20.3 Å². The average molecular weight is 286 g/mol. The van der Waals surface area contributed by atoms with E-state index in [9.17, 15) is 4.79 Å². The summed E-state index contributed by atoms with van der Waals surface area (Å²) in [5, 5.41) is 0. The van der Waals surface area contributed by atoms with Crippen LogP contribution in [0.15, 0.2) is 18.2 Å². The Balaban J connectivity index is 2.25. The van der Waals surface area contributed by atoms with Gasteiger partial charge in [-0.15, -0.1) is 23.2 Å². The summed E-state index contributed by atoms with van der Waals surface area (Å²) in [6.45, 7) is 6.64. The van der Waals surface area contributed by atoms with Gasteiger partial charge in [0.2, 0.25) is 5.91 Å². The second kappa shape index (κ2) is 4.75. The van der Waals surface area contributed by atoms with Gasteiger partial charge in [-0.2, -0.15) is 0 Å². The fraction of sp³-hybridized carbons (Fsp3) is 0.500. The Hall–Kier alpha value is -0.730. The molecule has 1 unspecified atom stereocenters. The van der Waals surface area contributed by atoms with E-state index in [1.54, 1.807) is 4.90 Å². The molecule has 0 aromatic heterocycles. The van der Waals surface area contributed by atoms with Crippen molar-refractivity contribution in [2.45, 2.75) is 31.5 Å². The number of halogens is 2. The van der Waals surface area contributed by atoms with E-state index in [1.807, 2.05) is 32.9 Å². The van der Waals surface area contributed by atoms with Crippen molar-refractivity contribution in [1.29, 1.82) is 0 Å². The summed E-state index contributed by atoms with van der Waals surface area (Å²) in [6.07, 6.45) is 0.552. The molecule has 1 aromatic rings. The van der Waals surface area contributed by atoms with E-state index in [-0.39, 0.29) is 11.8 Å². The lowest BCUT2D eigenvalue weighted by Crippen LogP contribution is -2.33. The number of anilines is 1. The molecule has 1 amide bonds. The number of hydrogen-bond donors (Lipinski definition) is 0. The van der Waals surface area contributed by atoms with Gasteiger partial charge < -0.3 is 4.90 Å². The van der Waals surface area contributed by atoms with E-state index in [0.29, 0.717) is 13.0 Å². The van der Waals surface area contributed by atoms with Gasteiger partial charge in [-0.05, 0) is 50.5 Å². The Morgan fingerprint density at radius 2 is 1.83 bits per heavy atom. The van der Waals surface area contributed by atoms with Crippen molar-refractivity contribution in [2.75, 3.05) is 11.4 Å². The first-order valence-electron chi connectivity index (χ1n) is 6.12. The van der Waals surface area contributed by atoms with Crippen molar-refractivity contribution in [2.24, 2.45) is 5.92 Å². The highest BCUT2D eigenvalue weighted by Crippen LogP contribution is 2.54. The van der Waals surface area contributed by atoms with Gasteiger partial charge in [-0.3, -0.25) is 4.79 Å². The average Bonchev–Trinajstić information content (AvgIpc) is 2.87. The highest BCUT2D eigenvalue weighted by atomic mass is 35.5. The highest BCUT2D eigenvalue weighted by Gasteiger charge is 2.57. The Morgan fingerprint density at radius 1 is 1.33 bits per heavy atom. The molecule has 1 fully saturated rings. The number of carbonyl (C=O) groups is 1. The first-order valence-corrected chi connectivity index (χ1v) is 6.88. The van der Waals surface area contributed by atoms with Crippen LogP contribution in [0.2, 0.25) is 0 Å². The maximum Gasteiger partial charge on any atom is 0.233 e. The third-order valence-corrected chi connectivity index (χ3v) is 4.06. The van der Waals surface area contributed by atoms with E-state index in [4.69, 9.17) is 23.2 Å². The molecule has 0 aliphatic heterocycles. The molecule has 0 radical (unpaired) electrons. The van der Waals surface area contributed by atoms with E-state index in [2.05, 4.69) is 6.07 Å². The van der Waals surface area contributed by atoms with Crippen LogP contribution in [-0.2, 0) is 4.79 Å². The lowest BCUT2D eigenvalue weighted by Gasteiger charge is -2.22. The fourth-order valence-electron chi connectivity index (χ4n) is 2.24. The standard InChI is InChI=1S/C14H17Cl2NO/c1-4-17(13(18)12-8-14(12,15)16)11-6-9(2)5-10(3)7-11/h5-7,12H,4,8H2,1-3H3. The van der Waals surface area contributed by atoms with E-state index in [0.717, 1.165) is 16.8 Å². The quantitative estimate of drug-likeness (QED) is 0.773. The molecule has 1 atom stereocenters. The minimum absolute atomic E-state index is 0.0208. The molecule has 98 valence electrons. The summed E-state index contributed by atoms with van der Waals surface area (Å²) in [6, 6.07) is 6.12. The van der Waals surface area contributed by atoms with E-state index in [1.165, 1.54) is 0 Å². The van der Waals surface area contributed by atoms with Crippen molar-refractivity contribution in [3.63, 3.8) is 0 Å². The predicted octanol–water partition coefficient (Wildman–Crippen LogP) is 3.85. The zero-order valence-corrected chi connectivity index (χ0v) is 12.3. The van der Waals surface area contributed by atoms with Crippen molar-refractivity contribution in [1.82, 2.24) is 0 Å². The molecule has 1 aliphatic carbocycles. The van der Waals surface area contributed by atoms with Crippen LogP contribution in [0, 0.1) is 19.8 Å². The lowest BCUT2D eigenvalue weighted by atomic mass is 10.1. The summed E-state index contributed by atoms with van der Waals surface area (Å²) in [4.78, 5) is 14.1. The van der Waals surface area contributed by atoms with Crippen LogP contribution in [0.4, 0.5) is 5.69 Å². The monoisotopic (exact) mass is 285 g/mol. The minimum atomic E-state index is -0.858. The van der Waals surface area contributed by atoms with Gasteiger partial charge in [-0.1, -0.05) is 6.07 Å². The highest BCUT2D eigenvalue weighted by molar-refractivity contribution is 6.52. The van der Waals surface area contributed by atoms with Crippen LogP contribution in [0.5, 0.6) is 0 Å². The largest absolute Gasteiger partial charge is 0.312 e. The Labute approximate surface area is 118 Å². The molecular weight excluding hydrogens is 269 g/mol. The van der Waals surface area contributed by atoms with Gasteiger partial charge in [0.15, 0.2) is 0 Å². The number of carbonyl (C=O) groups excluding carboxylic acids is 1. The first kappa shape index (κ1) is 13.7. The second-order valence-corrected chi connectivity index (χ2v) is 6.49. The molecule has 18 heavy (non-hydrogen) atoms. The smallest absolute Gasteiger partial charge is 0.233 e. The SMILES string of the molecule is CCN(C(=O)C1CC1(Cl)Cl)c1cc(C)cc(C)c1. The Bertz CT molecular complexity index is 464. The number of rotatable bonds is 3. The zero-order chi connectivity index (χ0) is 13.5. The van der Waals surface area contributed by atoms with Crippen molar-refractivity contribution in [3.8, 4) is 0 Å². The maximum absolute atomic E-state index is 12.3. The van der Waals surface area contributed by atoms with Crippen LogP contribution < -0.4 is 4.90 Å². The molecule has 2 nitrogen and oxygen atoms in total. The predicted molar refractivity (Wildman–Crippen MR) is 76.5 cm³/mol. The first-order chi connectivity index (χ1) is 8.35. The molecule has 1 aliphatic rings. The van der Waals surface area contributed by atoms with Crippen LogP contribution in [-0.4, -0.2) is 16.8 Å². The summed E-state index contributed by atoms with van der Waals surface area (Å²) in [5.41, 5.74) is 3.22. The molecule has 1 aromatic carbocycles. The van der Waals surface area contributed by atoms with Crippen LogP contribution in [0.1, 0.15) is 24.5 Å². The molecule has 0 bridgehead atoms. The molecule has 0 spiro atoms. The molecule has 0 saturated heterocycles. The fourth-order valence-corrected chi connectivity index (χ4v) is 2.74. The number of nitrogens with zero attached hydrogens (tertiary/aromatic N) is 1. The van der Waals surface area contributed by atoms with E-state index >= 15 is 0 Å². The summed E-state index contributed by atoms with van der Waals surface area (Å²) < 4.78 is -0.858. The van der Waals surface area contributed by atoms with Crippen molar-refractivity contribution < 1.29 is 4.79 Å². The van der Waals surface area contributed by atoms with E-state index < -0.39 is 4.33 Å². The van der Waals surface area contributed by atoms with Gasteiger partial charge in [-0.25, -0.2) is 0 Å². The van der Waals surface area contributed by atoms with Gasteiger partial charge in [0.25, 0.3) is 0 Å². The van der Waals surface area contributed by atoms with Gasteiger partial charge in [0, 0.05) is 12.2 Å². The third-order valence-electron chi connectivity index (χ3n) is 3.22. The van der Waals surface area contributed by atoms with Crippen molar-refractivity contribution >= 4 is 34.8 Å². The number of hydrogen-bond acceptors (Lipinski definition) is 1. The number of aryl methyl sites for hydroxylation is 2. The molecule has 0 N–H and O–H groups in total. The number of alkyl halides is 2. The number of amides is 1. The molecule has 0 heterocycles. The summed E-state index contributed by atoms with van der Waals surface area (Å²) in [7, 11) is 0. The van der Waals surface area contributed by atoms with Crippen LogP contribution in [0.3, 0.4) is 0 Å². The molecule has 2 rings (SSSR count). The third kappa shape index (κ3) is 2.65. The lowest BCUT2D eigenvalue weighted by molar-refractivity contribution is -0.119. The minimum Gasteiger partial charge on any atom is -0.312 e. The maximum atomic E-state index is 12.3. The van der Waals surface area contributed by atoms with Gasteiger partial charge in [0.05, 0.1) is 5.92 Å². The van der Waals surface area contributed by atoms with Crippen LogP contribution in [0.25, 0.3) is 0 Å². The zero-order valence-electron chi connectivity index (χ0n) is 10.8. The summed E-state index contributed by atoms with van der Waals surface area (Å²) in [5.74, 6) is -0.242. The second-order valence-electron chi connectivity index (χ2n) is 4.95. The van der Waals surface area contributed by atoms with Gasteiger partial charge >= 0.3 is 0 Å². The number of benzene rings is 1. The summed E-state index contributed by atoms with van der Waals surface area (Å²) >= 11 is 11.9. The Kier molecular flexibility index (Phi) is 3.61. The Morgan fingerprint density at radius 3 is 2.22 bits per heavy atom. The van der Waals surface area contributed by atoms with Crippen LogP contribution >= 0.6 is 23.2 Å².